The molecular formula is C26H36N2O. The summed E-state index contributed by atoms with van der Waals surface area (Å²) in [4.78, 5) is 4.72. The van der Waals surface area contributed by atoms with Crippen LogP contribution in [0.1, 0.15) is 77.7 Å². The highest BCUT2D eigenvalue weighted by atomic mass is 16.3. The third-order valence-electron chi connectivity index (χ3n) is 10.4. The summed E-state index contributed by atoms with van der Waals surface area (Å²) in [6, 6.07) is 9.26. The highest BCUT2D eigenvalue weighted by Crippen LogP contribution is 2.68. The molecule has 1 heterocycles. The third-order valence-corrected chi connectivity index (χ3v) is 10.4. The van der Waals surface area contributed by atoms with Crippen molar-refractivity contribution in [1.82, 2.24) is 9.55 Å². The molecule has 2 aromatic rings. The Labute approximate surface area is 174 Å². The van der Waals surface area contributed by atoms with Crippen molar-refractivity contribution < 1.29 is 5.11 Å². The molecule has 0 amide bonds. The molecule has 6 rings (SSSR count). The van der Waals surface area contributed by atoms with Crippen LogP contribution in [0, 0.1) is 34.5 Å². The van der Waals surface area contributed by atoms with E-state index in [-0.39, 0.29) is 6.10 Å². The van der Waals surface area contributed by atoms with Crippen LogP contribution in [0.2, 0.25) is 0 Å². The number of rotatable bonds is 1. The molecule has 8 unspecified atom stereocenters. The maximum atomic E-state index is 10.3. The molecule has 0 bridgehead atoms. The fourth-order valence-corrected chi connectivity index (χ4v) is 8.89. The maximum absolute atomic E-state index is 10.3. The number of hydrogen-bond acceptors (Lipinski definition) is 2. The minimum Gasteiger partial charge on any atom is -0.393 e. The van der Waals surface area contributed by atoms with E-state index in [1.807, 2.05) is 0 Å². The van der Waals surface area contributed by atoms with Crippen LogP contribution < -0.4 is 0 Å². The van der Waals surface area contributed by atoms with Crippen LogP contribution in [0.25, 0.3) is 11.0 Å². The molecule has 3 heteroatoms. The highest BCUT2D eigenvalue weighted by molar-refractivity contribution is 5.75. The Balaban J connectivity index is 1.33. The van der Waals surface area contributed by atoms with E-state index >= 15 is 0 Å². The van der Waals surface area contributed by atoms with Crippen molar-refractivity contribution in [3.63, 3.8) is 0 Å². The first-order valence-corrected chi connectivity index (χ1v) is 12.1. The van der Waals surface area contributed by atoms with Gasteiger partial charge in [0.2, 0.25) is 0 Å². The van der Waals surface area contributed by atoms with Crippen LogP contribution in [0.15, 0.2) is 30.6 Å². The van der Waals surface area contributed by atoms with E-state index in [4.69, 9.17) is 4.98 Å². The molecule has 4 fully saturated rings. The van der Waals surface area contributed by atoms with Gasteiger partial charge in [0, 0.05) is 6.04 Å². The zero-order chi connectivity index (χ0) is 19.8. The predicted octanol–water partition coefficient (Wildman–Crippen LogP) is 5.98. The Morgan fingerprint density at radius 3 is 2.62 bits per heavy atom. The SMILES string of the molecule is CC12CCC(O)CC1CCC1C2CCC2(C)C1CCC2n1cnc2ccccc21. The number of hydrogen-bond donors (Lipinski definition) is 1. The van der Waals surface area contributed by atoms with Gasteiger partial charge < -0.3 is 9.67 Å². The van der Waals surface area contributed by atoms with Gasteiger partial charge in [-0.1, -0.05) is 26.0 Å². The molecule has 4 saturated carbocycles. The fraction of sp³-hybridized carbons (Fsp3) is 0.731. The number of aliphatic hydroxyl groups excluding tert-OH is 1. The topological polar surface area (TPSA) is 38.0 Å². The van der Waals surface area contributed by atoms with Crippen molar-refractivity contribution in [2.45, 2.75) is 83.8 Å². The number of aliphatic hydroxyl groups is 1. The van der Waals surface area contributed by atoms with Gasteiger partial charge in [-0.05, 0) is 104 Å². The van der Waals surface area contributed by atoms with E-state index in [0.717, 1.165) is 42.0 Å². The van der Waals surface area contributed by atoms with Crippen LogP contribution in [0.5, 0.6) is 0 Å². The molecule has 0 spiro atoms. The van der Waals surface area contributed by atoms with E-state index in [9.17, 15) is 5.11 Å². The quantitative estimate of drug-likeness (QED) is 0.648. The summed E-state index contributed by atoms with van der Waals surface area (Å²) < 4.78 is 2.53. The molecule has 0 radical (unpaired) electrons. The van der Waals surface area contributed by atoms with E-state index in [2.05, 4.69) is 49.0 Å². The first-order chi connectivity index (χ1) is 14.0. The number of nitrogens with zero attached hydrogens (tertiary/aromatic N) is 2. The Kier molecular flexibility index (Phi) is 4.02. The Morgan fingerprint density at radius 2 is 1.72 bits per heavy atom. The molecule has 4 aliphatic rings. The van der Waals surface area contributed by atoms with E-state index in [1.165, 1.54) is 50.5 Å². The second-order valence-electron chi connectivity index (χ2n) is 11.4. The van der Waals surface area contributed by atoms with E-state index < -0.39 is 0 Å². The second kappa shape index (κ2) is 6.33. The summed E-state index contributed by atoms with van der Waals surface area (Å²) in [6.07, 6.45) is 13.6. The lowest BCUT2D eigenvalue weighted by Gasteiger charge is -2.61. The lowest BCUT2D eigenvalue weighted by Crippen LogP contribution is -2.54. The third kappa shape index (κ3) is 2.49. The first-order valence-electron chi connectivity index (χ1n) is 12.1. The highest BCUT2D eigenvalue weighted by Gasteiger charge is 2.60. The lowest BCUT2D eigenvalue weighted by molar-refractivity contribution is -0.125. The van der Waals surface area contributed by atoms with Crippen LogP contribution in [-0.4, -0.2) is 20.8 Å². The van der Waals surface area contributed by atoms with Crippen molar-refractivity contribution in [2.24, 2.45) is 34.5 Å². The van der Waals surface area contributed by atoms with E-state index in [0.29, 0.717) is 16.9 Å². The summed E-state index contributed by atoms with van der Waals surface area (Å²) >= 11 is 0. The van der Waals surface area contributed by atoms with Gasteiger partial charge in [-0.3, -0.25) is 0 Å². The van der Waals surface area contributed by atoms with Crippen LogP contribution >= 0.6 is 0 Å². The zero-order valence-corrected chi connectivity index (χ0v) is 18.1. The number of para-hydroxylation sites is 2. The van der Waals surface area contributed by atoms with Gasteiger partial charge in [0.1, 0.15) is 0 Å². The predicted molar refractivity (Wildman–Crippen MR) is 117 cm³/mol. The van der Waals surface area contributed by atoms with Gasteiger partial charge in [0.25, 0.3) is 0 Å². The van der Waals surface area contributed by atoms with Gasteiger partial charge in [0.05, 0.1) is 23.5 Å². The molecule has 0 aliphatic heterocycles. The molecule has 29 heavy (non-hydrogen) atoms. The Bertz CT molecular complexity index is 920. The van der Waals surface area contributed by atoms with Gasteiger partial charge in [-0.2, -0.15) is 0 Å². The molecular weight excluding hydrogens is 356 g/mol. The van der Waals surface area contributed by atoms with Gasteiger partial charge in [0.15, 0.2) is 0 Å². The largest absolute Gasteiger partial charge is 0.393 e. The first kappa shape index (κ1) is 18.4. The second-order valence-corrected chi connectivity index (χ2v) is 11.4. The number of benzene rings is 1. The molecule has 3 nitrogen and oxygen atoms in total. The summed E-state index contributed by atoms with van der Waals surface area (Å²) in [6.45, 7) is 5.21. The van der Waals surface area contributed by atoms with Gasteiger partial charge >= 0.3 is 0 Å². The Morgan fingerprint density at radius 1 is 0.931 bits per heavy atom. The van der Waals surface area contributed by atoms with E-state index in [1.54, 1.807) is 0 Å². The van der Waals surface area contributed by atoms with Crippen LogP contribution in [-0.2, 0) is 0 Å². The van der Waals surface area contributed by atoms with Crippen molar-refractivity contribution in [3.05, 3.63) is 30.6 Å². The lowest BCUT2D eigenvalue weighted by atomic mass is 9.45. The average Bonchev–Trinajstić information content (AvgIpc) is 3.29. The fourth-order valence-electron chi connectivity index (χ4n) is 8.89. The zero-order valence-electron chi connectivity index (χ0n) is 18.1. The van der Waals surface area contributed by atoms with Crippen molar-refractivity contribution in [1.29, 1.82) is 0 Å². The molecule has 4 aliphatic carbocycles. The van der Waals surface area contributed by atoms with Gasteiger partial charge in [-0.25, -0.2) is 4.98 Å². The molecule has 0 saturated heterocycles. The smallest absolute Gasteiger partial charge is 0.0961 e. The molecule has 156 valence electrons. The normalized spacial score (nSPS) is 46.9. The minimum atomic E-state index is -0.0381. The number of fused-ring (bicyclic) bond motifs is 6. The standard InChI is InChI=1S/C26H36N2O/c1-25-13-11-18(29)15-17(25)7-8-19-20-9-10-24(26(20,2)14-12-21(19)25)28-16-27-22-5-3-4-6-23(22)28/h3-6,16-21,24,29H,7-15H2,1-2H3. The van der Waals surface area contributed by atoms with Gasteiger partial charge in [-0.15, -0.1) is 0 Å². The number of imidazole rings is 1. The molecule has 1 N–H and O–H groups in total. The molecule has 8 atom stereocenters. The summed E-state index contributed by atoms with van der Waals surface area (Å²) in [7, 11) is 0. The van der Waals surface area contributed by atoms with Crippen LogP contribution in [0.4, 0.5) is 0 Å². The Hall–Kier alpha value is -1.35. The molecule has 1 aromatic heterocycles. The summed E-state index contributed by atoms with van der Waals surface area (Å²) in [5.74, 6) is 3.39. The maximum Gasteiger partial charge on any atom is 0.0961 e. The monoisotopic (exact) mass is 392 g/mol. The van der Waals surface area contributed by atoms with Crippen LogP contribution in [0.3, 0.4) is 0 Å². The van der Waals surface area contributed by atoms with Crippen molar-refractivity contribution in [2.75, 3.05) is 0 Å². The van der Waals surface area contributed by atoms with Crippen molar-refractivity contribution >= 4 is 11.0 Å². The number of aromatic nitrogens is 2. The molecule has 1 aromatic carbocycles. The summed E-state index contributed by atoms with van der Waals surface area (Å²) in [5.41, 5.74) is 3.34. The minimum absolute atomic E-state index is 0.0381. The summed E-state index contributed by atoms with van der Waals surface area (Å²) in [5, 5.41) is 10.3. The average molecular weight is 393 g/mol. The van der Waals surface area contributed by atoms with Crippen molar-refractivity contribution in [3.8, 4) is 0 Å².